The lowest BCUT2D eigenvalue weighted by atomic mass is 10.1. The Balaban J connectivity index is 1.06. The summed E-state index contributed by atoms with van der Waals surface area (Å²) in [5.74, 6) is 0.331. The van der Waals surface area contributed by atoms with Crippen LogP contribution < -0.4 is 15.0 Å². The van der Waals surface area contributed by atoms with Crippen molar-refractivity contribution in [3.63, 3.8) is 0 Å². The van der Waals surface area contributed by atoms with E-state index in [0.717, 1.165) is 20.3 Å². The number of hydrogen-bond acceptors (Lipinski definition) is 10. The summed E-state index contributed by atoms with van der Waals surface area (Å²) in [6, 6.07) is 23.0. The summed E-state index contributed by atoms with van der Waals surface area (Å²) in [4.78, 5) is 49.1. The van der Waals surface area contributed by atoms with Gasteiger partial charge in [0.25, 0.3) is 17.7 Å². The van der Waals surface area contributed by atoms with Gasteiger partial charge in [0.2, 0.25) is 0 Å². The number of fused-ring (bicyclic) bond motifs is 2. The average Bonchev–Trinajstić information content (AvgIpc) is 3.75. The Hall–Kier alpha value is -4.65. The van der Waals surface area contributed by atoms with Gasteiger partial charge in [-0.05, 0) is 90.3 Å². The van der Waals surface area contributed by atoms with E-state index in [1.165, 1.54) is 39.8 Å². The van der Waals surface area contributed by atoms with E-state index in [9.17, 15) is 14.4 Å². The first kappa shape index (κ1) is 26.3. The van der Waals surface area contributed by atoms with Gasteiger partial charge in [0.1, 0.15) is 11.5 Å². The van der Waals surface area contributed by atoms with E-state index in [4.69, 9.17) is 9.15 Å². The van der Waals surface area contributed by atoms with E-state index in [1.807, 2.05) is 18.2 Å². The van der Waals surface area contributed by atoms with Gasteiger partial charge in [-0.2, -0.15) is 0 Å². The molecule has 1 fully saturated rings. The first-order valence-corrected chi connectivity index (χ1v) is 15.0. The number of aliphatic imine (C=N–C) groups is 1. The summed E-state index contributed by atoms with van der Waals surface area (Å²) < 4.78 is 12.7. The predicted molar refractivity (Wildman–Crippen MR) is 164 cm³/mol. The number of hydrogen-bond donors (Lipinski definition) is 1. The summed E-state index contributed by atoms with van der Waals surface area (Å²) in [6.07, 6.45) is 1.67. The van der Waals surface area contributed by atoms with Crippen LogP contribution in [0.1, 0.15) is 26.5 Å². The molecular formula is C30H18N4O5S3. The standard InChI is InChI=1S/C30H18N4O5S3/c1-38-18-9-6-16(7-10-18)31-29-33-26(35)24(40-29)15-19-11-13-25(39-19)42-30-32-22-12-8-17(14-23(22)41-30)34-27(36)20-4-2-3-5-21(20)28(34)37/h2-15H,1H3,(H,31,33,35)/b24-15-. The molecule has 1 N–H and O–H groups in total. The highest BCUT2D eigenvalue weighted by Gasteiger charge is 2.36. The number of nitrogens with zero attached hydrogens (tertiary/aromatic N) is 3. The van der Waals surface area contributed by atoms with Gasteiger partial charge in [-0.3, -0.25) is 14.4 Å². The largest absolute Gasteiger partial charge is 0.497 e. The third kappa shape index (κ3) is 4.89. The van der Waals surface area contributed by atoms with E-state index < -0.39 is 0 Å². The van der Waals surface area contributed by atoms with Crippen LogP contribution in [-0.4, -0.2) is 35.0 Å². The number of aromatic nitrogens is 1. The van der Waals surface area contributed by atoms with Gasteiger partial charge in [0.15, 0.2) is 14.6 Å². The fourth-order valence-corrected chi connectivity index (χ4v) is 7.26. The van der Waals surface area contributed by atoms with Crippen LogP contribution in [0.2, 0.25) is 0 Å². The second-order valence-electron chi connectivity index (χ2n) is 9.06. The molecule has 42 heavy (non-hydrogen) atoms. The lowest BCUT2D eigenvalue weighted by Gasteiger charge is -2.13. The third-order valence-corrected chi connectivity index (χ3v) is 9.33. The van der Waals surface area contributed by atoms with Gasteiger partial charge in [-0.25, -0.2) is 14.9 Å². The van der Waals surface area contributed by atoms with Crippen LogP contribution in [-0.2, 0) is 4.79 Å². The summed E-state index contributed by atoms with van der Waals surface area (Å²) >= 11 is 4.02. The molecule has 3 amide bonds. The monoisotopic (exact) mass is 610 g/mol. The molecule has 0 unspecified atom stereocenters. The van der Waals surface area contributed by atoms with E-state index in [2.05, 4.69) is 15.3 Å². The number of rotatable bonds is 6. The molecule has 206 valence electrons. The SMILES string of the molecule is COc1ccc(N=C2NC(=O)/C(=C/c3ccc(Sc4nc5ccc(N6C(=O)c7ccccc7C6=O)cc5s4)o3)S2)cc1. The zero-order valence-corrected chi connectivity index (χ0v) is 24.1. The van der Waals surface area contributed by atoms with Crippen LogP contribution in [0, 0.1) is 0 Å². The summed E-state index contributed by atoms with van der Waals surface area (Å²) in [5, 5.41) is 3.86. The fraction of sp³-hybridized carbons (Fsp3) is 0.0333. The zero-order valence-electron chi connectivity index (χ0n) is 21.7. The molecule has 7 rings (SSSR count). The maximum atomic E-state index is 12.9. The number of amidine groups is 1. The number of carbonyl (C=O) groups excluding carboxylic acids is 3. The molecule has 2 aromatic heterocycles. The molecule has 3 aromatic carbocycles. The Morgan fingerprint density at radius 1 is 0.976 bits per heavy atom. The highest BCUT2D eigenvalue weighted by molar-refractivity contribution is 8.18. The minimum absolute atomic E-state index is 0.252. The molecule has 0 bridgehead atoms. The van der Waals surface area contributed by atoms with Gasteiger partial charge in [-0.15, -0.1) is 11.3 Å². The van der Waals surface area contributed by atoms with Gasteiger partial charge < -0.3 is 14.5 Å². The second-order valence-corrected chi connectivity index (χ2v) is 12.4. The lowest BCUT2D eigenvalue weighted by molar-refractivity contribution is -0.115. The second kappa shape index (κ2) is 10.6. The summed E-state index contributed by atoms with van der Waals surface area (Å²) in [7, 11) is 1.60. The number of methoxy groups -OCH3 is 1. The fourth-order valence-electron chi connectivity index (χ4n) is 4.44. The number of carbonyl (C=O) groups is 3. The van der Waals surface area contributed by atoms with Crippen molar-refractivity contribution in [2.24, 2.45) is 4.99 Å². The van der Waals surface area contributed by atoms with Crippen LogP contribution in [0.4, 0.5) is 11.4 Å². The zero-order chi connectivity index (χ0) is 28.8. The number of thiazole rings is 1. The quantitative estimate of drug-likeness (QED) is 0.166. The Morgan fingerprint density at radius 2 is 1.74 bits per heavy atom. The Bertz CT molecular complexity index is 1940. The maximum absolute atomic E-state index is 12.9. The third-order valence-electron chi connectivity index (χ3n) is 6.42. The molecule has 2 aliphatic heterocycles. The van der Waals surface area contributed by atoms with Crippen molar-refractivity contribution in [1.29, 1.82) is 0 Å². The summed E-state index contributed by atoms with van der Waals surface area (Å²) in [5.41, 5.74) is 2.76. The maximum Gasteiger partial charge on any atom is 0.266 e. The van der Waals surface area contributed by atoms with Crippen molar-refractivity contribution in [3.8, 4) is 5.75 Å². The number of ether oxygens (including phenoxy) is 1. The minimum atomic E-state index is -0.334. The van der Waals surface area contributed by atoms with Gasteiger partial charge >= 0.3 is 0 Å². The molecule has 12 heteroatoms. The van der Waals surface area contributed by atoms with Gasteiger partial charge in [0.05, 0.1) is 44.7 Å². The van der Waals surface area contributed by atoms with Crippen molar-refractivity contribution in [2.75, 3.05) is 12.0 Å². The van der Waals surface area contributed by atoms with Crippen LogP contribution in [0.3, 0.4) is 0 Å². The Morgan fingerprint density at radius 3 is 2.48 bits per heavy atom. The number of nitrogens with one attached hydrogen (secondary N) is 1. The van der Waals surface area contributed by atoms with Gasteiger partial charge in [-0.1, -0.05) is 12.1 Å². The van der Waals surface area contributed by atoms with Crippen LogP contribution in [0.5, 0.6) is 5.75 Å². The number of benzene rings is 3. The van der Waals surface area contributed by atoms with E-state index in [-0.39, 0.29) is 17.7 Å². The number of imide groups is 1. The average molecular weight is 611 g/mol. The molecule has 0 spiro atoms. The Labute approximate surface area is 251 Å². The molecule has 0 radical (unpaired) electrons. The first-order chi connectivity index (χ1) is 20.4. The van der Waals surface area contributed by atoms with Gasteiger partial charge in [0, 0.05) is 6.08 Å². The first-order valence-electron chi connectivity index (χ1n) is 12.5. The van der Waals surface area contributed by atoms with E-state index in [0.29, 0.717) is 43.4 Å². The van der Waals surface area contributed by atoms with Crippen molar-refractivity contribution >= 4 is 85.4 Å². The predicted octanol–water partition coefficient (Wildman–Crippen LogP) is 6.74. The molecule has 0 saturated carbocycles. The number of amides is 3. The van der Waals surface area contributed by atoms with Crippen molar-refractivity contribution in [3.05, 3.63) is 101 Å². The lowest BCUT2D eigenvalue weighted by Crippen LogP contribution is -2.29. The molecule has 2 aliphatic rings. The minimum Gasteiger partial charge on any atom is -0.497 e. The van der Waals surface area contributed by atoms with Crippen molar-refractivity contribution < 1.29 is 23.5 Å². The number of thioether (sulfide) groups is 1. The summed E-state index contributed by atoms with van der Waals surface area (Å²) in [6.45, 7) is 0. The van der Waals surface area contributed by atoms with Crippen LogP contribution in [0.25, 0.3) is 16.3 Å². The molecule has 0 atom stereocenters. The molecular weight excluding hydrogens is 593 g/mol. The van der Waals surface area contributed by atoms with Crippen LogP contribution >= 0.6 is 34.9 Å². The molecule has 0 aliphatic carbocycles. The molecule has 5 aromatic rings. The van der Waals surface area contributed by atoms with E-state index in [1.54, 1.807) is 73.8 Å². The van der Waals surface area contributed by atoms with Crippen molar-refractivity contribution in [1.82, 2.24) is 10.3 Å². The highest BCUT2D eigenvalue weighted by atomic mass is 32.2. The topological polar surface area (TPSA) is 114 Å². The molecule has 4 heterocycles. The smallest absolute Gasteiger partial charge is 0.266 e. The normalized spacial score (nSPS) is 16.6. The number of anilines is 1. The van der Waals surface area contributed by atoms with E-state index >= 15 is 0 Å². The Kier molecular flexibility index (Phi) is 6.65. The highest BCUT2D eigenvalue weighted by Crippen LogP contribution is 2.38. The van der Waals surface area contributed by atoms with Crippen molar-refractivity contribution in [2.45, 2.75) is 9.43 Å². The van der Waals surface area contributed by atoms with Crippen LogP contribution in [0.15, 0.2) is 103 Å². The molecule has 1 saturated heterocycles. The number of furan rings is 1. The molecule has 9 nitrogen and oxygen atoms in total.